The molecule has 5 nitrogen and oxygen atoms in total. The molecule has 0 saturated carbocycles. The molecule has 1 aliphatic rings. The topological polar surface area (TPSA) is 63.4 Å². The van der Waals surface area contributed by atoms with Crippen LogP contribution in [0.25, 0.3) is 10.9 Å². The number of ether oxygens (including phenoxy) is 2. The molecule has 140 valence electrons. The van der Waals surface area contributed by atoms with Gasteiger partial charge < -0.3 is 19.8 Å². The Balaban J connectivity index is 1.63. The zero-order valence-electron chi connectivity index (χ0n) is 15.4. The third kappa shape index (κ3) is 3.69. The van der Waals surface area contributed by atoms with Crippen LogP contribution in [0.15, 0.2) is 54.7 Å². The zero-order valence-corrected chi connectivity index (χ0v) is 15.4. The Labute approximate surface area is 158 Å². The van der Waals surface area contributed by atoms with E-state index in [-0.39, 0.29) is 17.7 Å². The van der Waals surface area contributed by atoms with Crippen LogP contribution in [-0.4, -0.2) is 37.8 Å². The summed E-state index contributed by atoms with van der Waals surface area (Å²) >= 11 is 0. The van der Waals surface area contributed by atoms with Gasteiger partial charge in [0.05, 0.1) is 19.6 Å². The van der Waals surface area contributed by atoms with E-state index in [9.17, 15) is 4.79 Å². The standard InChI is InChI=1S/C22H24N2O3/c1-26-17-8-6-15(7-9-17)19(12-24-22(25)16-10-11-27-14-16)20-13-23-21-5-3-2-4-18(20)21/h2-9,13,16,19,23H,10-12,14H2,1H3,(H,24,25)/t16-,19-/m1/s1. The van der Waals surface area contributed by atoms with Crippen molar-refractivity contribution in [2.24, 2.45) is 5.92 Å². The summed E-state index contributed by atoms with van der Waals surface area (Å²) in [5.74, 6) is 0.914. The van der Waals surface area contributed by atoms with Crippen molar-refractivity contribution in [1.82, 2.24) is 10.3 Å². The summed E-state index contributed by atoms with van der Waals surface area (Å²) < 4.78 is 10.6. The Morgan fingerprint density at radius 1 is 1.26 bits per heavy atom. The van der Waals surface area contributed by atoms with Crippen molar-refractivity contribution in [3.05, 3.63) is 65.9 Å². The number of hydrogen-bond donors (Lipinski definition) is 2. The number of H-pyrrole nitrogens is 1. The predicted octanol–water partition coefficient (Wildman–Crippen LogP) is 3.46. The summed E-state index contributed by atoms with van der Waals surface area (Å²) in [6, 6.07) is 16.3. The Morgan fingerprint density at radius 2 is 2.07 bits per heavy atom. The van der Waals surface area contributed by atoms with Gasteiger partial charge in [0.2, 0.25) is 5.91 Å². The fourth-order valence-corrected chi connectivity index (χ4v) is 3.71. The lowest BCUT2D eigenvalue weighted by Gasteiger charge is -2.19. The highest BCUT2D eigenvalue weighted by atomic mass is 16.5. The SMILES string of the molecule is COc1ccc([C@@H](CNC(=O)[C@@H]2CCOC2)c2c[nH]c3ccccc23)cc1. The van der Waals surface area contributed by atoms with Crippen LogP contribution in [0.4, 0.5) is 0 Å². The maximum Gasteiger partial charge on any atom is 0.225 e. The zero-order chi connectivity index (χ0) is 18.6. The van der Waals surface area contributed by atoms with Crippen LogP contribution in [0.2, 0.25) is 0 Å². The Morgan fingerprint density at radius 3 is 2.81 bits per heavy atom. The minimum Gasteiger partial charge on any atom is -0.497 e. The molecular formula is C22H24N2O3. The van der Waals surface area contributed by atoms with E-state index in [0.29, 0.717) is 19.8 Å². The molecule has 3 aromatic rings. The minimum absolute atomic E-state index is 0.0375. The number of hydrogen-bond acceptors (Lipinski definition) is 3. The number of carbonyl (C=O) groups is 1. The fourth-order valence-electron chi connectivity index (χ4n) is 3.71. The van der Waals surface area contributed by atoms with Crippen LogP contribution in [0.3, 0.4) is 0 Å². The first kappa shape index (κ1) is 17.6. The van der Waals surface area contributed by atoms with Crippen LogP contribution < -0.4 is 10.1 Å². The number of fused-ring (bicyclic) bond motifs is 1. The second kappa shape index (κ2) is 7.84. The first-order chi connectivity index (χ1) is 13.3. The number of carbonyl (C=O) groups excluding carboxylic acids is 1. The Kier molecular flexibility index (Phi) is 5.12. The van der Waals surface area contributed by atoms with E-state index in [0.717, 1.165) is 23.3 Å². The smallest absolute Gasteiger partial charge is 0.225 e. The summed E-state index contributed by atoms with van der Waals surface area (Å²) in [5, 5.41) is 4.32. The molecule has 1 amide bonds. The van der Waals surface area contributed by atoms with Gasteiger partial charge in [-0.25, -0.2) is 0 Å². The first-order valence-electron chi connectivity index (χ1n) is 9.31. The van der Waals surface area contributed by atoms with Crippen molar-refractivity contribution in [2.75, 3.05) is 26.9 Å². The molecule has 1 saturated heterocycles. The van der Waals surface area contributed by atoms with Gasteiger partial charge in [-0.2, -0.15) is 0 Å². The van der Waals surface area contributed by atoms with Crippen molar-refractivity contribution in [3.63, 3.8) is 0 Å². The van der Waals surface area contributed by atoms with E-state index in [1.165, 1.54) is 10.9 Å². The summed E-state index contributed by atoms with van der Waals surface area (Å²) in [7, 11) is 1.66. The number of methoxy groups -OCH3 is 1. The maximum absolute atomic E-state index is 12.5. The van der Waals surface area contributed by atoms with Crippen molar-refractivity contribution in [1.29, 1.82) is 0 Å². The highest BCUT2D eigenvalue weighted by Gasteiger charge is 2.25. The van der Waals surface area contributed by atoms with E-state index in [4.69, 9.17) is 9.47 Å². The number of aromatic nitrogens is 1. The number of nitrogens with one attached hydrogen (secondary N) is 2. The number of para-hydroxylation sites is 1. The summed E-state index contributed by atoms with van der Waals surface area (Å²) in [6.07, 6.45) is 2.84. The Hall–Kier alpha value is -2.79. The number of aromatic amines is 1. The minimum atomic E-state index is -0.0375. The van der Waals surface area contributed by atoms with E-state index in [1.54, 1.807) is 7.11 Å². The Bertz CT molecular complexity index is 911. The van der Waals surface area contributed by atoms with Crippen LogP contribution in [0, 0.1) is 5.92 Å². The molecular weight excluding hydrogens is 340 g/mol. The quantitative estimate of drug-likeness (QED) is 0.704. The second-order valence-corrected chi connectivity index (χ2v) is 6.92. The largest absolute Gasteiger partial charge is 0.497 e. The van der Waals surface area contributed by atoms with Crippen LogP contribution in [0.5, 0.6) is 5.75 Å². The molecule has 5 heteroatoms. The lowest BCUT2D eigenvalue weighted by molar-refractivity contribution is -0.124. The van der Waals surface area contributed by atoms with E-state index < -0.39 is 0 Å². The average Bonchev–Trinajstić information content (AvgIpc) is 3.39. The molecule has 1 aliphatic heterocycles. The van der Waals surface area contributed by atoms with Crippen molar-refractivity contribution < 1.29 is 14.3 Å². The fraction of sp³-hybridized carbons (Fsp3) is 0.318. The molecule has 0 radical (unpaired) electrons. The van der Waals surface area contributed by atoms with Crippen LogP contribution >= 0.6 is 0 Å². The second-order valence-electron chi connectivity index (χ2n) is 6.92. The van der Waals surface area contributed by atoms with E-state index in [2.05, 4.69) is 34.6 Å². The highest BCUT2D eigenvalue weighted by molar-refractivity contribution is 5.84. The number of rotatable bonds is 6. The van der Waals surface area contributed by atoms with Gasteiger partial charge in [0.25, 0.3) is 0 Å². The van der Waals surface area contributed by atoms with Crippen molar-refractivity contribution >= 4 is 16.8 Å². The van der Waals surface area contributed by atoms with Gasteiger partial charge in [0, 0.05) is 36.2 Å². The van der Waals surface area contributed by atoms with Crippen LogP contribution in [-0.2, 0) is 9.53 Å². The van der Waals surface area contributed by atoms with E-state index in [1.807, 2.05) is 30.5 Å². The molecule has 0 bridgehead atoms. The summed E-state index contributed by atoms with van der Waals surface area (Å²) in [4.78, 5) is 15.8. The molecule has 2 heterocycles. The van der Waals surface area contributed by atoms with Gasteiger partial charge in [-0.05, 0) is 35.7 Å². The molecule has 1 aromatic heterocycles. The molecule has 2 aromatic carbocycles. The first-order valence-corrected chi connectivity index (χ1v) is 9.31. The normalized spacial score (nSPS) is 17.7. The lowest BCUT2D eigenvalue weighted by Crippen LogP contribution is -2.34. The molecule has 0 spiro atoms. The highest BCUT2D eigenvalue weighted by Crippen LogP contribution is 2.31. The third-order valence-electron chi connectivity index (χ3n) is 5.30. The number of amides is 1. The van der Waals surface area contributed by atoms with Gasteiger partial charge in [-0.3, -0.25) is 4.79 Å². The summed E-state index contributed by atoms with van der Waals surface area (Å²) in [5.41, 5.74) is 3.42. The molecule has 2 N–H and O–H groups in total. The maximum atomic E-state index is 12.5. The molecule has 2 atom stereocenters. The third-order valence-corrected chi connectivity index (χ3v) is 5.30. The van der Waals surface area contributed by atoms with Gasteiger partial charge >= 0.3 is 0 Å². The molecule has 1 fully saturated rings. The molecule has 27 heavy (non-hydrogen) atoms. The predicted molar refractivity (Wildman–Crippen MR) is 105 cm³/mol. The summed E-state index contributed by atoms with van der Waals surface area (Å²) in [6.45, 7) is 1.73. The van der Waals surface area contributed by atoms with Gasteiger partial charge in [0.1, 0.15) is 5.75 Å². The lowest BCUT2D eigenvalue weighted by atomic mass is 9.90. The molecule has 0 aliphatic carbocycles. The molecule has 4 rings (SSSR count). The van der Waals surface area contributed by atoms with Crippen LogP contribution in [0.1, 0.15) is 23.5 Å². The van der Waals surface area contributed by atoms with Gasteiger partial charge in [0.15, 0.2) is 0 Å². The van der Waals surface area contributed by atoms with Gasteiger partial charge in [-0.15, -0.1) is 0 Å². The van der Waals surface area contributed by atoms with Gasteiger partial charge in [-0.1, -0.05) is 30.3 Å². The van der Waals surface area contributed by atoms with E-state index >= 15 is 0 Å². The monoisotopic (exact) mass is 364 g/mol. The molecule has 0 unspecified atom stereocenters. The van der Waals surface area contributed by atoms with Crippen molar-refractivity contribution in [2.45, 2.75) is 12.3 Å². The average molecular weight is 364 g/mol. The number of benzene rings is 2. The van der Waals surface area contributed by atoms with Crippen molar-refractivity contribution in [3.8, 4) is 5.75 Å².